The van der Waals surface area contributed by atoms with Crippen molar-refractivity contribution in [1.29, 1.82) is 0 Å². The molecule has 0 aromatic carbocycles. The van der Waals surface area contributed by atoms with E-state index in [1.807, 2.05) is 20.2 Å². The smallest absolute Gasteiger partial charge is 0.0696 e. The maximum Gasteiger partial charge on any atom is 0.0696 e. The summed E-state index contributed by atoms with van der Waals surface area (Å²) in [6.07, 6.45) is 6.73. The molecular weight excluding hydrogens is 150 g/mol. The van der Waals surface area contributed by atoms with Crippen molar-refractivity contribution >= 4 is 0 Å². The number of ether oxygens (including phenoxy) is 1. The molecule has 1 aliphatic rings. The van der Waals surface area contributed by atoms with Gasteiger partial charge in [0.25, 0.3) is 0 Å². The van der Waals surface area contributed by atoms with Gasteiger partial charge in [0.1, 0.15) is 0 Å². The highest BCUT2D eigenvalue weighted by Gasteiger charge is 2.37. The second-order valence-corrected chi connectivity index (χ2v) is 3.58. The van der Waals surface area contributed by atoms with Crippen molar-refractivity contribution in [1.82, 2.24) is 5.32 Å². The number of hydrogen-bond acceptors (Lipinski definition) is 2. The number of likely N-dealkylation sites (N-methyl/N-ethyl adjacent to an activating group) is 1. The summed E-state index contributed by atoms with van der Waals surface area (Å²) in [6, 6.07) is 0.394. The first kappa shape index (κ1) is 9.75. The van der Waals surface area contributed by atoms with E-state index in [-0.39, 0.29) is 5.60 Å². The average Bonchev–Trinajstić information content (AvgIpc) is 2.05. The van der Waals surface area contributed by atoms with Crippen molar-refractivity contribution in [2.75, 3.05) is 14.2 Å². The zero-order chi connectivity index (χ0) is 9.03. The number of nitrogens with one attached hydrogen (secondary N) is 1. The van der Waals surface area contributed by atoms with Crippen LogP contribution in [0.15, 0.2) is 12.7 Å². The van der Waals surface area contributed by atoms with Gasteiger partial charge in [0.2, 0.25) is 0 Å². The Labute approximate surface area is 75.0 Å². The Balaban J connectivity index is 2.40. The van der Waals surface area contributed by atoms with Gasteiger partial charge in [-0.3, -0.25) is 0 Å². The summed E-state index contributed by atoms with van der Waals surface area (Å²) in [5, 5.41) is 3.21. The van der Waals surface area contributed by atoms with Crippen LogP contribution in [0.5, 0.6) is 0 Å². The Kier molecular flexibility index (Phi) is 3.29. The maximum absolute atomic E-state index is 5.52. The Morgan fingerprint density at radius 2 is 2.33 bits per heavy atom. The number of hydrogen-bond donors (Lipinski definition) is 1. The van der Waals surface area contributed by atoms with Gasteiger partial charge in [0, 0.05) is 13.2 Å². The van der Waals surface area contributed by atoms with E-state index in [1.165, 1.54) is 19.3 Å². The zero-order valence-corrected chi connectivity index (χ0v) is 8.10. The summed E-state index contributed by atoms with van der Waals surface area (Å²) in [7, 11) is 3.78. The fourth-order valence-corrected chi connectivity index (χ4v) is 1.77. The molecule has 1 aliphatic carbocycles. The van der Waals surface area contributed by atoms with Crippen LogP contribution >= 0.6 is 0 Å². The maximum atomic E-state index is 5.52. The lowest BCUT2D eigenvalue weighted by molar-refractivity contribution is -0.0805. The molecule has 0 bridgehead atoms. The molecule has 0 spiro atoms. The molecule has 1 atom stereocenters. The van der Waals surface area contributed by atoms with Gasteiger partial charge in [-0.15, -0.1) is 6.58 Å². The highest BCUT2D eigenvalue weighted by molar-refractivity contribution is 4.97. The predicted molar refractivity (Wildman–Crippen MR) is 51.3 cm³/mol. The van der Waals surface area contributed by atoms with Crippen LogP contribution in [0, 0.1) is 0 Å². The molecule has 2 heteroatoms. The highest BCUT2D eigenvalue weighted by Crippen LogP contribution is 2.38. The number of rotatable bonds is 5. The molecule has 70 valence electrons. The molecule has 0 aromatic heterocycles. The molecule has 1 fully saturated rings. The van der Waals surface area contributed by atoms with Crippen LogP contribution in [-0.4, -0.2) is 25.8 Å². The van der Waals surface area contributed by atoms with E-state index < -0.39 is 0 Å². The monoisotopic (exact) mass is 169 g/mol. The summed E-state index contributed by atoms with van der Waals surface area (Å²) in [5.41, 5.74) is 0.155. The van der Waals surface area contributed by atoms with Crippen molar-refractivity contribution < 1.29 is 4.74 Å². The van der Waals surface area contributed by atoms with Gasteiger partial charge in [-0.2, -0.15) is 0 Å². The van der Waals surface area contributed by atoms with Gasteiger partial charge in [-0.05, 0) is 32.7 Å². The fraction of sp³-hybridized carbons (Fsp3) is 0.800. The molecule has 1 N–H and O–H groups in total. The molecule has 2 nitrogen and oxygen atoms in total. The summed E-state index contributed by atoms with van der Waals surface area (Å²) >= 11 is 0. The second-order valence-electron chi connectivity index (χ2n) is 3.58. The molecule has 0 radical (unpaired) electrons. The molecular formula is C10H19NO. The van der Waals surface area contributed by atoms with Crippen LogP contribution in [0.2, 0.25) is 0 Å². The lowest BCUT2D eigenvalue weighted by Gasteiger charge is -2.42. The van der Waals surface area contributed by atoms with E-state index >= 15 is 0 Å². The van der Waals surface area contributed by atoms with Crippen LogP contribution in [0.25, 0.3) is 0 Å². The third kappa shape index (κ3) is 1.87. The molecule has 0 amide bonds. The Hall–Kier alpha value is -0.340. The minimum absolute atomic E-state index is 0.155. The van der Waals surface area contributed by atoms with Gasteiger partial charge in [0.05, 0.1) is 5.60 Å². The van der Waals surface area contributed by atoms with Crippen molar-refractivity contribution in [3.05, 3.63) is 12.7 Å². The van der Waals surface area contributed by atoms with Crippen LogP contribution < -0.4 is 5.32 Å². The third-order valence-electron chi connectivity index (χ3n) is 2.95. The van der Waals surface area contributed by atoms with Crippen LogP contribution in [0.4, 0.5) is 0 Å². The van der Waals surface area contributed by atoms with Gasteiger partial charge in [0.15, 0.2) is 0 Å². The number of methoxy groups -OCH3 is 1. The van der Waals surface area contributed by atoms with E-state index in [0.29, 0.717) is 6.04 Å². The van der Waals surface area contributed by atoms with Crippen molar-refractivity contribution in [3.63, 3.8) is 0 Å². The topological polar surface area (TPSA) is 21.3 Å². The predicted octanol–water partition coefficient (Wildman–Crippen LogP) is 1.72. The Morgan fingerprint density at radius 3 is 2.58 bits per heavy atom. The van der Waals surface area contributed by atoms with Gasteiger partial charge in [-0.25, -0.2) is 0 Å². The summed E-state index contributed by atoms with van der Waals surface area (Å²) in [4.78, 5) is 0. The fourth-order valence-electron chi connectivity index (χ4n) is 1.77. The Bertz CT molecular complexity index is 146. The van der Waals surface area contributed by atoms with Gasteiger partial charge in [-0.1, -0.05) is 6.08 Å². The van der Waals surface area contributed by atoms with Gasteiger partial charge < -0.3 is 10.1 Å². The van der Waals surface area contributed by atoms with Crippen LogP contribution in [-0.2, 0) is 4.74 Å². The standard InChI is InChI=1S/C10H19NO/c1-4-9(11-2)8-10(12-3)6-5-7-10/h4,9,11H,1,5-8H2,2-3H3. The SMILES string of the molecule is C=CC(CC1(OC)CCC1)NC. The van der Waals surface area contributed by atoms with Crippen molar-refractivity contribution in [2.45, 2.75) is 37.3 Å². The van der Waals surface area contributed by atoms with Crippen molar-refractivity contribution in [2.24, 2.45) is 0 Å². The lowest BCUT2D eigenvalue weighted by atomic mass is 9.75. The van der Waals surface area contributed by atoms with E-state index in [0.717, 1.165) is 6.42 Å². The minimum Gasteiger partial charge on any atom is -0.378 e. The zero-order valence-electron chi connectivity index (χ0n) is 8.10. The molecule has 1 saturated carbocycles. The van der Waals surface area contributed by atoms with Crippen molar-refractivity contribution in [3.8, 4) is 0 Å². The summed E-state index contributed by atoms with van der Waals surface area (Å²) < 4.78 is 5.52. The summed E-state index contributed by atoms with van der Waals surface area (Å²) in [6.45, 7) is 3.79. The third-order valence-corrected chi connectivity index (χ3v) is 2.95. The highest BCUT2D eigenvalue weighted by atomic mass is 16.5. The molecule has 1 rings (SSSR count). The molecule has 0 heterocycles. The molecule has 0 aromatic rings. The molecule has 0 saturated heterocycles. The van der Waals surface area contributed by atoms with Crippen LogP contribution in [0.3, 0.4) is 0 Å². The largest absolute Gasteiger partial charge is 0.378 e. The van der Waals surface area contributed by atoms with E-state index in [2.05, 4.69) is 11.9 Å². The second kappa shape index (κ2) is 4.06. The van der Waals surface area contributed by atoms with Crippen LogP contribution in [0.1, 0.15) is 25.7 Å². The quantitative estimate of drug-likeness (QED) is 0.633. The lowest BCUT2D eigenvalue weighted by Crippen LogP contribution is -2.44. The van der Waals surface area contributed by atoms with E-state index in [9.17, 15) is 0 Å². The first-order valence-electron chi connectivity index (χ1n) is 4.61. The molecule has 0 aliphatic heterocycles. The summed E-state index contributed by atoms with van der Waals surface area (Å²) in [5.74, 6) is 0. The minimum atomic E-state index is 0.155. The normalized spacial score (nSPS) is 22.8. The average molecular weight is 169 g/mol. The molecule has 1 unspecified atom stereocenters. The van der Waals surface area contributed by atoms with E-state index in [1.54, 1.807) is 0 Å². The Morgan fingerprint density at radius 1 is 1.67 bits per heavy atom. The molecule has 12 heavy (non-hydrogen) atoms. The van der Waals surface area contributed by atoms with Gasteiger partial charge >= 0.3 is 0 Å². The van der Waals surface area contributed by atoms with E-state index in [4.69, 9.17) is 4.74 Å². The first-order valence-corrected chi connectivity index (χ1v) is 4.61. The first-order chi connectivity index (χ1) is 5.76.